The van der Waals surface area contributed by atoms with Crippen molar-refractivity contribution in [1.29, 1.82) is 0 Å². The second kappa shape index (κ2) is 5.99. The Balaban J connectivity index is 2.10. The molecule has 1 fully saturated rings. The second-order valence-corrected chi connectivity index (χ2v) is 5.70. The molecule has 1 aromatic carbocycles. The van der Waals surface area contributed by atoms with Gasteiger partial charge in [0.1, 0.15) is 0 Å². The van der Waals surface area contributed by atoms with Crippen molar-refractivity contribution in [2.24, 2.45) is 11.7 Å². The minimum atomic E-state index is 0.177. The standard InChI is InChI=1S/C14H21ClN2O2/c1-9(16)10-3-4-17(7-10)8-11-5-12(15)6-13(19-2)14(11)18/h5-6,9-10,18H,3-4,7-8,16H2,1-2H3. The molecule has 0 radical (unpaired) electrons. The third-order valence-corrected chi connectivity index (χ3v) is 4.00. The molecule has 4 nitrogen and oxygen atoms in total. The molecule has 5 heteroatoms. The molecule has 2 rings (SSSR count). The minimum Gasteiger partial charge on any atom is -0.504 e. The molecule has 1 heterocycles. The van der Waals surface area contributed by atoms with E-state index in [-0.39, 0.29) is 11.8 Å². The SMILES string of the molecule is COc1cc(Cl)cc(CN2CCC(C(C)N)C2)c1O. The van der Waals surface area contributed by atoms with E-state index >= 15 is 0 Å². The first kappa shape index (κ1) is 14.4. The molecule has 1 aliphatic heterocycles. The van der Waals surface area contributed by atoms with E-state index in [0.29, 0.717) is 23.2 Å². The van der Waals surface area contributed by atoms with Crippen LogP contribution in [0.3, 0.4) is 0 Å². The van der Waals surface area contributed by atoms with Gasteiger partial charge in [0.2, 0.25) is 0 Å². The fraction of sp³-hybridized carbons (Fsp3) is 0.571. The monoisotopic (exact) mass is 284 g/mol. The molecule has 2 unspecified atom stereocenters. The topological polar surface area (TPSA) is 58.7 Å². The third-order valence-electron chi connectivity index (χ3n) is 3.78. The Morgan fingerprint density at radius 3 is 2.89 bits per heavy atom. The molecule has 1 aliphatic rings. The number of aromatic hydroxyl groups is 1. The summed E-state index contributed by atoms with van der Waals surface area (Å²) in [4.78, 5) is 2.29. The maximum absolute atomic E-state index is 10.1. The molecular weight excluding hydrogens is 264 g/mol. The van der Waals surface area contributed by atoms with Gasteiger partial charge >= 0.3 is 0 Å². The number of hydrogen-bond acceptors (Lipinski definition) is 4. The van der Waals surface area contributed by atoms with Gasteiger partial charge < -0.3 is 15.6 Å². The maximum atomic E-state index is 10.1. The molecule has 19 heavy (non-hydrogen) atoms. The summed E-state index contributed by atoms with van der Waals surface area (Å²) < 4.78 is 5.12. The van der Waals surface area contributed by atoms with Crippen LogP contribution < -0.4 is 10.5 Å². The number of ether oxygens (including phenoxy) is 1. The number of methoxy groups -OCH3 is 1. The number of nitrogens with zero attached hydrogens (tertiary/aromatic N) is 1. The van der Waals surface area contributed by atoms with Crippen LogP contribution in [0.2, 0.25) is 5.02 Å². The fourth-order valence-electron chi connectivity index (χ4n) is 2.58. The van der Waals surface area contributed by atoms with E-state index in [1.807, 2.05) is 6.92 Å². The number of nitrogens with two attached hydrogens (primary N) is 1. The van der Waals surface area contributed by atoms with Gasteiger partial charge in [0, 0.05) is 35.8 Å². The first-order chi connectivity index (χ1) is 9.01. The van der Waals surface area contributed by atoms with Crippen LogP contribution in [-0.4, -0.2) is 36.2 Å². The van der Waals surface area contributed by atoms with Crippen LogP contribution >= 0.6 is 11.6 Å². The van der Waals surface area contributed by atoms with Gasteiger partial charge in [-0.3, -0.25) is 4.90 Å². The van der Waals surface area contributed by atoms with Crippen molar-refractivity contribution in [3.05, 3.63) is 22.7 Å². The van der Waals surface area contributed by atoms with Gasteiger partial charge in [0.05, 0.1) is 7.11 Å². The lowest BCUT2D eigenvalue weighted by Gasteiger charge is -2.19. The minimum absolute atomic E-state index is 0.177. The molecule has 0 aliphatic carbocycles. The molecule has 1 aromatic rings. The Hall–Kier alpha value is -0.970. The molecule has 0 amide bonds. The Morgan fingerprint density at radius 1 is 1.58 bits per heavy atom. The number of phenols is 1. The molecule has 3 N–H and O–H groups in total. The van der Waals surface area contributed by atoms with Crippen molar-refractivity contribution in [2.45, 2.75) is 25.9 Å². The van der Waals surface area contributed by atoms with Crippen LogP contribution in [0.4, 0.5) is 0 Å². The van der Waals surface area contributed by atoms with Crippen molar-refractivity contribution in [3.63, 3.8) is 0 Å². The lowest BCUT2D eigenvalue weighted by molar-refractivity contribution is 0.299. The van der Waals surface area contributed by atoms with Gasteiger partial charge in [-0.25, -0.2) is 0 Å². The zero-order valence-electron chi connectivity index (χ0n) is 11.4. The van der Waals surface area contributed by atoms with Crippen molar-refractivity contribution in [3.8, 4) is 11.5 Å². The quantitative estimate of drug-likeness (QED) is 0.890. The molecular formula is C14H21ClN2O2. The number of benzene rings is 1. The predicted octanol–water partition coefficient (Wildman–Crippen LogP) is 2.22. The van der Waals surface area contributed by atoms with E-state index in [1.165, 1.54) is 7.11 Å². The van der Waals surface area contributed by atoms with Crippen molar-refractivity contribution in [2.75, 3.05) is 20.2 Å². The van der Waals surface area contributed by atoms with E-state index in [4.69, 9.17) is 22.1 Å². The van der Waals surface area contributed by atoms with E-state index in [9.17, 15) is 5.11 Å². The Bertz CT molecular complexity index is 451. The number of halogens is 1. The maximum Gasteiger partial charge on any atom is 0.162 e. The highest BCUT2D eigenvalue weighted by molar-refractivity contribution is 6.30. The van der Waals surface area contributed by atoms with Crippen molar-refractivity contribution >= 4 is 11.6 Å². The predicted molar refractivity (Wildman–Crippen MR) is 76.7 cm³/mol. The summed E-state index contributed by atoms with van der Waals surface area (Å²) in [6.45, 7) is 4.69. The van der Waals surface area contributed by atoms with Crippen LogP contribution in [-0.2, 0) is 6.54 Å². The number of hydrogen-bond donors (Lipinski definition) is 2. The number of rotatable bonds is 4. The lowest BCUT2D eigenvalue weighted by Crippen LogP contribution is -2.29. The Labute approximate surface area is 119 Å². The first-order valence-electron chi connectivity index (χ1n) is 6.54. The third kappa shape index (κ3) is 3.32. The Morgan fingerprint density at radius 2 is 2.32 bits per heavy atom. The van der Waals surface area contributed by atoms with Crippen LogP contribution in [0, 0.1) is 5.92 Å². The highest BCUT2D eigenvalue weighted by atomic mass is 35.5. The van der Waals surface area contributed by atoms with E-state index in [2.05, 4.69) is 4.90 Å². The van der Waals surface area contributed by atoms with Crippen molar-refractivity contribution in [1.82, 2.24) is 4.90 Å². The highest BCUT2D eigenvalue weighted by Gasteiger charge is 2.26. The van der Waals surface area contributed by atoms with Gasteiger partial charge in [-0.1, -0.05) is 11.6 Å². The van der Waals surface area contributed by atoms with Crippen LogP contribution in [0.15, 0.2) is 12.1 Å². The molecule has 2 atom stereocenters. The van der Waals surface area contributed by atoms with Gasteiger partial charge in [-0.15, -0.1) is 0 Å². The summed E-state index contributed by atoms with van der Waals surface area (Å²) in [5.41, 5.74) is 6.74. The normalized spacial score (nSPS) is 21.6. The van der Waals surface area contributed by atoms with Gasteiger partial charge in [-0.2, -0.15) is 0 Å². The Kier molecular flexibility index (Phi) is 4.55. The summed E-state index contributed by atoms with van der Waals surface area (Å²) in [5, 5.41) is 10.7. The number of phenolic OH excluding ortho intramolecular Hbond substituents is 1. The highest BCUT2D eigenvalue weighted by Crippen LogP contribution is 2.35. The molecule has 106 valence electrons. The molecule has 1 saturated heterocycles. The number of likely N-dealkylation sites (tertiary alicyclic amines) is 1. The van der Waals surface area contributed by atoms with Gasteiger partial charge in [0.25, 0.3) is 0 Å². The largest absolute Gasteiger partial charge is 0.504 e. The average molecular weight is 285 g/mol. The summed E-state index contributed by atoms with van der Waals surface area (Å²) in [5.74, 6) is 1.13. The zero-order chi connectivity index (χ0) is 14.0. The van der Waals surface area contributed by atoms with Gasteiger partial charge in [0.15, 0.2) is 11.5 Å². The van der Waals surface area contributed by atoms with Crippen LogP contribution in [0.1, 0.15) is 18.9 Å². The van der Waals surface area contributed by atoms with Crippen molar-refractivity contribution < 1.29 is 9.84 Å². The van der Waals surface area contributed by atoms with Crippen LogP contribution in [0.25, 0.3) is 0 Å². The van der Waals surface area contributed by atoms with E-state index in [1.54, 1.807) is 12.1 Å². The summed E-state index contributed by atoms with van der Waals surface area (Å²) in [6, 6.07) is 3.63. The lowest BCUT2D eigenvalue weighted by atomic mass is 10.0. The fourth-order valence-corrected chi connectivity index (χ4v) is 2.81. The molecule has 0 aromatic heterocycles. The first-order valence-corrected chi connectivity index (χ1v) is 6.92. The molecule has 0 saturated carbocycles. The molecule has 0 spiro atoms. The van der Waals surface area contributed by atoms with Crippen LogP contribution in [0.5, 0.6) is 11.5 Å². The van der Waals surface area contributed by atoms with E-state index < -0.39 is 0 Å². The van der Waals surface area contributed by atoms with Gasteiger partial charge in [-0.05, 0) is 31.9 Å². The smallest absolute Gasteiger partial charge is 0.162 e. The summed E-state index contributed by atoms with van der Waals surface area (Å²) >= 11 is 6.04. The summed E-state index contributed by atoms with van der Waals surface area (Å²) in [7, 11) is 1.52. The second-order valence-electron chi connectivity index (χ2n) is 5.26. The molecule has 0 bridgehead atoms. The summed E-state index contributed by atoms with van der Waals surface area (Å²) in [6.07, 6.45) is 1.11. The zero-order valence-corrected chi connectivity index (χ0v) is 12.2. The van der Waals surface area contributed by atoms with E-state index in [0.717, 1.165) is 25.1 Å². The average Bonchev–Trinajstić information content (AvgIpc) is 2.82.